The maximum atomic E-state index is 13.1. The molecule has 0 aromatic carbocycles. The highest BCUT2D eigenvalue weighted by Crippen LogP contribution is 2.41. The molecular formula is C19H19Cl2N5O8S2. The number of nitrogens with one attached hydrogen (secondary N) is 2. The van der Waals surface area contributed by atoms with E-state index in [1.54, 1.807) is 20.8 Å². The van der Waals surface area contributed by atoms with E-state index in [9.17, 15) is 29.1 Å². The molecule has 1 fully saturated rings. The Morgan fingerprint density at radius 1 is 1.33 bits per heavy atom. The van der Waals surface area contributed by atoms with Crippen molar-refractivity contribution in [2.45, 2.75) is 37.8 Å². The highest BCUT2D eigenvalue weighted by atomic mass is 35.5. The van der Waals surface area contributed by atoms with Crippen LogP contribution in [0.3, 0.4) is 0 Å². The number of halogens is 2. The van der Waals surface area contributed by atoms with E-state index in [-0.39, 0.29) is 31.6 Å². The van der Waals surface area contributed by atoms with E-state index in [1.807, 2.05) is 0 Å². The molecule has 0 aliphatic carbocycles. The molecule has 13 nitrogen and oxygen atoms in total. The van der Waals surface area contributed by atoms with Gasteiger partial charge in [-0.05, 0) is 20.8 Å². The Hall–Kier alpha value is -2.88. The molecule has 1 saturated heterocycles. The van der Waals surface area contributed by atoms with Crippen LogP contribution in [-0.4, -0.2) is 80.2 Å². The van der Waals surface area contributed by atoms with Crippen LogP contribution in [0.15, 0.2) is 15.9 Å². The summed E-state index contributed by atoms with van der Waals surface area (Å²) in [5.74, 6) is -3.64. The molecule has 0 spiro atoms. The van der Waals surface area contributed by atoms with Gasteiger partial charge in [0.25, 0.3) is 11.8 Å². The number of ether oxygens (including phenoxy) is 1. The van der Waals surface area contributed by atoms with E-state index < -0.39 is 53.1 Å². The van der Waals surface area contributed by atoms with Crippen LogP contribution in [0, 0.1) is 0 Å². The highest BCUT2D eigenvalue weighted by molar-refractivity contribution is 8.00. The number of rotatable bonds is 9. The SMILES string of the molecule is CC(C)(C)OC(=O)CO/N=C(\C(=O)NC1C(=O)N2C(C(=O)O)=C(Cl)CS[C@H]12)c1nc(NC=O)sc1Cl. The second-order valence-corrected chi connectivity index (χ2v) is 11.3. The van der Waals surface area contributed by atoms with Crippen molar-refractivity contribution in [1.82, 2.24) is 15.2 Å². The summed E-state index contributed by atoms with van der Waals surface area (Å²) in [4.78, 5) is 70.0. The summed E-state index contributed by atoms with van der Waals surface area (Å²) in [6.07, 6.45) is 0.357. The van der Waals surface area contributed by atoms with Crippen molar-refractivity contribution in [3.8, 4) is 0 Å². The first-order chi connectivity index (χ1) is 16.8. The summed E-state index contributed by atoms with van der Waals surface area (Å²) in [7, 11) is 0. The molecule has 36 heavy (non-hydrogen) atoms. The highest BCUT2D eigenvalue weighted by Gasteiger charge is 2.54. The maximum Gasteiger partial charge on any atom is 0.353 e. The lowest BCUT2D eigenvalue weighted by Gasteiger charge is -2.48. The zero-order valence-electron chi connectivity index (χ0n) is 18.9. The van der Waals surface area contributed by atoms with Crippen LogP contribution < -0.4 is 10.6 Å². The van der Waals surface area contributed by atoms with Crippen molar-refractivity contribution in [1.29, 1.82) is 0 Å². The number of carboxylic acids is 1. The van der Waals surface area contributed by atoms with Gasteiger partial charge in [-0.1, -0.05) is 39.7 Å². The first-order valence-corrected chi connectivity index (χ1v) is 12.6. The summed E-state index contributed by atoms with van der Waals surface area (Å²) >= 11 is 14.1. The van der Waals surface area contributed by atoms with Crippen molar-refractivity contribution in [2.24, 2.45) is 5.16 Å². The molecule has 1 aromatic heterocycles. The zero-order chi connectivity index (χ0) is 26.8. The number of carbonyl (C=O) groups excluding carboxylic acids is 4. The van der Waals surface area contributed by atoms with Gasteiger partial charge >= 0.3 is 11.9 Å². The topological polar surface area (TPSA) is 177 Å². The molecule has 0 bridgehead atoms. The quantitative estimate of drug-likeness (QED) is 0.127. The molecule has 3 amide bonds. The molecule has 2 atom stereocenters. The second-order valence-electron chi connectivity index (χ2n) is 8.12. The van der Waals surface area contributed by atoms with E-state index in [1.165, 1.54) is 0 Å². The molecule has 194 valence electrons. The summed E-state index contributed by atoms with van der Waals surface area (Å²) < 4.78 is 5.07. The van der Waals surface area contributed by atoms with Gasteiger partial charge in [-0.15, -0.1) is 11.8 Å². The predicted octanol–water partition coefficient (Wildman–Crippen LogP) is 1.36. The number of hydrogen-bond donors (Lipinski definition) is 3. The molecule has 2 aliphatic heterocycles. The summed E-state index contributed by atoms with van der Waals surface area (Å²) in [6.45, 7) is 4.33. The van der Waals surface area contributed by atoms with Gasteiger partial charge in [0.2, 0.25) is 13.0 Å². The van der Waals surface area contributed by atoms with Crippen LogP contribution in [0.5, 0.6) is 0 Å². The first-order valence-electron chi connectivity index (χ1n) is 10.00. The number of aliphatic carboxylic acids is 1. The maximum absolute atomic E-state index is 13.1. The van der Waals surface area contributed by atoms with E-state index in [2.05, 4.69) is 20.8 Å². The van der Waals surface area contributed by atoms with Gasteiger partial charge < -0.3 is 25.3 Å². The predicted molar refractivity (Wildman–Crippen MR) is 131 cm³/mol. The summed E-state index contributed by atoms with van der Waals surface area (Å²) in [6, 6.07) is -1.11. The Labute approximate surface area is 222 Å². The number of fused-ring (bicyclic) bond motifs is 1. The molecule has 1 aromatic rings. The number of anilines is 1. The van der Waals surface area contributed by atoms with E-state index in [4.69, 9.17) is 32.8 Å². The normalized spacial score (nSPS) is 19.8. The van der Waals surface area contributed by atoms with E-state index in [0.717, 1.165) is 28.0 Å². The number of nitrogens with zero attached hydrogens (tertiary/aromatic N) is 3. The fourth-order valence-electron chi connectivity index (χ4n) is 3.06. The van der Waals surface area contributed by atoms with E-state index in [0.29, 0.717) is 6.41 Å². The Bertz CT molecular complexity index is 1180. The number of thioether (sulfide) groups is 1. The molecule has 3 rings (SSSR count). The van der Waals surface area contributed by atoms with Gasteiger partial charge in [-0.2, -0.15) is 0 Å². The molecule has 3 N–H and O–H groups in total. The molecule has 3 heterocycles. The average molecular weight is 580 g/mol. The number of esters is 1. The number of β-lactam (4-membered cyclic amide) rings is 1. The van der Waals surface area contributed by atoms with Crippen LogP contribution in [0.2, 0.25) is 4.34 Å². The van der Waals surface area contributed by atoms with Crippen LogP contribution in [0.1, 0.15) is 26.5 Å². The number of carbonyl (C=O) groups is 5. The third-order valence-corrected chi connectivity index (χ3v) is 7.31. The van der Waals surface area contributed by atoms with Gasteiger partial charge in [-0.25, -0.2) is 14.6 Å². The fourth-order valence-corrected chi connectivity index (χ4v) is 5.62. The van der Waals surface area contributed by atoms with Crippen molar-refractivity contribution < 1.29 is 38.7 Å². The molecule has 2 aliphatic rings. The van der Waals surface area contributed by atoms with Crippen LogP contribution in [-0.2, 0) is 33.5 Å². The minimum atomic E-state index is -1.37. The van der Waals surface area contributed by atoms with Gasteiger partial charge in [-0.3, -0.25) is 19.3 Å². The Morgan fingerprint density at radius 2 is 2.03 bits per heavy atom. The summed E-state index contributed by atoms with van der Waals surface area (Å²) in [5, 5.41) is 17.2. The summed E-state index contributed by atoms with van der Waals surface area (Å²) in [5.41, 5.74) is -1.80. The lowest BCUT2D eigenvalue weighted by atomic mass is 10.0. The van der Waals surface area contributed by atoms with Crippen molar-refractivity contribution in [2.75, 3.05) is 17.7 Å². The van der Waals surface area contributed by atoms with Crippen molar-refractivity contribution in [3.63, 3.8) is 0 Å². The largest absolute Gasteiger partial charge is 0.477 e. The number of carboxylic acid groups (broad SMARTS) is 1. The van der Waals surface area contributed by atoms with Gasteiger partial charge in [0.05, 0.1) is 5.03 Å². The number of aromatic nitrogens is 1. The Morgan fingerprint density at radius 3 is 2.64 bits per heavy atom. The fraction of sp³-hybridized carbons (Fsp3) is 0.421. The molecule has 0 saturated carbocycles. The molecule has 17 heteroatoms. The lowest BCUT2D eigenvalue weighted by Crippen LogP contribution is -2.71. The van der Waals surface area contributed by atoms with Crippen LogP contribution >= 0.6 is 46.3 Å². The third-order valence-electron chi connectivity index (χ3n) is 4.38. The van der Waals surface area contributed by atoms with Crippen LogP contribution in [0.25, 0.3) is 0 Å². The Balaban J connectivity index is 1.82. The van der Waals surface area contributed by atoms with E-state index >= 15 is 0 Å². The van der Waals surface area contributed by atoms with Gasteiger partial charge in [0.1, 0.15) is 32.7 Å². The smallest absolute Gasteiger partial charge is 0.353 e. The van der Waals surface area contributed by atoms with Gasteiger partial charge in [0.15, 0.2) is 10.8 Å². The Kier molecular flexibility index (Phi) is 8.48. The minimum Gasteiger partial charge on any atom is -0.477 e. The lowest BCUT2D eigenvalue weighted by molar-refractivity contribution is -0.160. The molecule has 1 unspecified atom stereocenters. The van der Waals surface area contributed by atoms with Gasteiger partial charge in [0, 0.05) is 5.75 Å². The minimum absolute atomic E-state index is 0.00383. The van der Waals surface area contributed by atoms with Crippen molar-refractivity contribution in [3.05, 3.63) is 20.8 Å². The van der Waals surface area contributed by atoms with Crippen molar-refractivity contribution >= 4 is 87.3 Å². The second kappa shape index (κ2) is 11.0. The first kappa shape index (κ1) is 27.7. The standard InChI is InChI=1S/C19H19Cl2N5O8S2/c1-19(2,3)34-8(28)4-33-25-10(9-13(21)36-18(24-9)22-6-27)14(29)23-11-15(30)26-12(17(31)32)7(20)5-35-16(11)26/h6,11,16H,4-5H2,1-3H3,(H,23,29)(H,31,32)(H,22,24,27)/b25-10-/t11?,16-/m1/s1. The number of thiazole rings is 1. The number of amides is 3. The monoisotopic (exact) mass is 579 g/mol. The average Bonchev–Trinajstić information content (AvgIpc) is 3.13. The molecular weight excluding hydrogens is 561 g/mol. The third kappa shape index (κ3) is 6.08. The zero-order valence-corrected chi connectivity index (χ0v) is 22.0. The molecule has 0 radical (unpaired) electrons. The van der Waals surface area contributed by atoms with Crippen LogP contribution in [0.4, 0.5) is 5.13 Å². The number of hydrogen-bond acceptors (Lipinski definition) is 11. The number of oxime groups is 1.